The molecule has 0 bridgehead atoms. The van der Waals surface area contributed by atoms with Crippen LogP contribution in [-0.2, 0) is 31.1 Å². The predicted molar refractivity (Wildman–Crippen MR) is 197 cm³/mol. The number of carboxylic acids is 2. The van der Waals surface area contributed by atoms with Gasteiger partial charge in [-0.3, -0.25) is 13.8 Å². The number of rotatable bonds is 19. The summed E-state index contributed by atoms with van der Waals surface area (Å²) in [4.78, 5) is 26.8. The average molecular weight is 730 g/mol. The summed E-state index contributed by atoms with van der Waals surface area (Å²) in [6.45, 7) is 5.46. The molecule has 0 spiro atoms. The fraction of sp³-hybridized carbons (Fsp3) is 0.324. The van der Waals surface area contributed by atoms with Crippen molar-refractivity contribution in [2.75, 3.05) is 51.0 Å². The smallest absolute Gasteiger partial charge is 0.304 e. The molecule has 1 unspecified atom stereocenters. The summed E-state index contributed by atoms with van der Waals surface area (Å²) in [5, 5.41) is 26.4. The lowest BCUT2D eigenvalue weighted by Gasteiger charge is -2.21. The minimum Gasteiger partial charge on any atom is -0.481 e. The molecule has 1 atom stereocenters. The number of carbonyl (C=O) groups is 2. The molecule has 3 aromatic rings. The van der Waals surface area contributed by atoms with Crippen LogP contribution in [0.25, 0.3) is 16.3 Å². The first-order chi connectivity index (χ1) is 23.2. The van der Waals surface area contributed by atoms with E-state index in [-0.39, 0.29) is 12.8 Å². The van der Waals surface area contributed by atoms with Crippen LogP contribution in [0.1, 0.15) is 24.8 Å². The summed E-state index contributed by atoms with van der Waals surface area (Å²) in [6, 6.07) is 12.1. The number of thiazole rings is 1. The van der Waals surface area contributed by atoms with Gasteiger partial charge in [0, 0.05) is 82.1 Å². The highest BCUT2D eigenvalue weighted by atomic mass is 32.2. The van der Waals surface area contributed by atoms with Gasteiger partial charge in [-0.2, -0.15) is 4.57 Å². The van der Waals surface area contributed by atoms with Gasteiger partial charge < -0.3 is 29.9 Å². The third kappa shape index (κ3) is 11.2. The highest BCUT2D eigenvalue weighted by Gasteiger charge is 2.25. The number of fused-ring (bicyclic) bond motifs is 2. The molecule has 10 nitrogen and oxygen atoms in total. The number of carboxylic acid groups (broad SMARTS) is 2. The number of thioether (sulfide) groups is 1. The van der Waals surface area contributed by atoms with Crippen LogP contribution in [0.2, 0.25) is 0 Å². The topological polar surface area (TPSA) is 132 Å². The fourth-order valence-corrected chi connectivity index (χ4v) is 8.02. The molecule has 0 fully saturated rings. The van der Waals surface area contributed by atoms with Crippen molar-refractivity contribution in [1.29, 1.82) is 0 Å². The highest BCUT2D eigenvalue weighted by molar-refractivity contribution is 8.03. The minimum absolute atomic E-state index is 0.0684. The van der Waals surface area contributed by atoms with Crippen LogP contribution in [0, 0.1) is 0 Å². The van der Waals surface area contributed by atoms with Gasteiger partial charge in [-0.1, -0.05) is 53.0 Å². The van der Waals surface area contributed by atoms with Crippen LogP contribution in [0.15, 0.2) is 92.1 Å². The fourth-order valence-electron chi connectivity index (χ4n) is 4.84. The Bertz CT molecular complexity index is 1750. The van der Waals surface area contributed by atoms with Gasteiger partial charge in [0.05, 0.1) is 37.2 Å². The number of anilines is 1. The molecule has 14 heteroatoms. The van der Waals surface area contributed by atoms with Crippen LogP contribution in [0.3, 0.4) is 0 Å². The predicted octanol–water partition coefficient (Wildman–Crippen LogP) is 5.68. The minimum atomic E-state index is -1.10. The van der Waals surface area contributed by atoms with Gasteiger partial charge >= 0.3 is 11.9 Å². The molecule has 0 saturated heterocycles. The van der Waals surface area contributed by atoms with Gasteiger partial charge in [-0.25, -0.2) is 0 Å². The standard InChI is InChI=1S/C34H40N4O6S4/c1-24(6-4-8-31-37(20-18-35-16-14-33(39)40)27-22-25(47-44-2)10-12-29(27)45-31)7-5-9-32-38(21-19-36-17-15-34(41)42)28-23-26(48(3)43)11-13-30(28)46-32/h4-13,22-23,35-36H,14-21H2,1-3H3,(H-,39,40,41,42)/p+1. The Morgan fingerprint density at radius 1 is 1.04 bits per heavy atom. The number of aromatic nitrogens is 1. The third-order valence-electron chi connectivity index (χ3n) is 7.17. The second kappa shape index (κ2) is 19.1. The first-order valence-electron chi connectivity index (χ1n) is 15.3. The summed E-state index contributed by atoms with van der Waals surface area (Å²) in [5.41, 5.74) is 3.17. The molecule has 2 heterocycles. The van der Waals surface area contributed by atoms with Crippen molar-refractivity contribution < 1.29 is 32.8 Å². The summed E-state index contributed by atoms with van der Waals surface area (Å²) >= 11 is 4.67. The molecule has 4 N–H and O–H groups in total. The molecular formula is C34H41N4O6S4+. The van der Waals surface area contributed by atoms with Gasteiger partial charge in [-0.15, -0.1) is 0 Å². The Morgan fingerprint density at radius 2 is 1.79 bits per heavy atom. The van der Waals surface area contributed by atoms with Gasteiger partial charge in [0.1, 0.15) is 4.70 Å². The molecular weight excluding hydrogens is 689 g/mol. The van der Waals surface area contributed by atoms with Crippen LogP contribution in [-0.4, -0.2) is 72.4 Å². The second-order valence-corrected chi connectivity index (χ2v) is 15.2. The first kappa shape index (κ1) is 37.6. The van der Waals surface area contributed by atoms with Crippen molar-refractivity contribution in [2.45, 2.75) is 41.0 Å². The van der Waals surface area contributed by atoms with Crippen LogP contribution >= 0.6 is 35.1 Å². The van der Waals surface area contributed by atoms with Gasteiger partial charge in [-0.05, 0) is 43.3 Å². The normalized spacial score (nSPS) is 14.9. The van der Waals surface area contributed by atoms with E-state index in [0.717, 1.165) is 46.2 Å². The van der Waals surface area contributed by atoms with Crippen LogP contribution in [0.4, 0.5) is 5.69 Å². The molecule has 256 valence electrons. The Labute approximate surface area is 296 Å². The zero-order valence-electron chi connectivity index (χ0n) is 27.1. The van der Waals surface area contributed by atoms with Gasteiger partial charge in [0.2, 0.25) is 5.52 Å². The largest absolute Gasteiger partial charge is 0.481 e. The third-order valence-corrected chi connectivity index (χ3v) is 11.0. The molecule has 1 aromatic heterocycles. The molecule has 48 heavy (non-hydrogen) atoms. The molecule has 0 aliphatic carbocycles. The van der Waals surface area contributed by atoms with E-state index >= 15 is 0 Å². The van der Waals surface area contributed by atoms with Crippen LogP contribution < -0.4 is 20.1 Å². The lowest BCUT2D eigenvalue weighted by Crippen LogP contribution is -2.40. The highest BCUT2D eigenvalue weighted by Crippen LogP contribution is 2.46. The number of nitrogens with one attached hydrogen (secondary N) is 2. The van der Waals surface area contributed by atoms with E-state index in [1.807, 2.05) is 43.3 Å². The molecule has 1 aliphatic heterocycles. The molecule has 0 amide bonds. The second-order valence-electron chi connectivity index (χ2n) is 10.7. The monoisotopic (exact) mass is 729 g/mol. The first-order valence-corrected chi connectivity index (χ1v) is 19.3. The Hall–Kier alpha value is -3.24. The Kier molecular flexibility index (Phi) is 14.9. The van der Waals surface area contributed by atoms with E-state index in [2.05, 4.69) is 56.5 Å². The zero-order valence-corrected chi connectivity index (χ0v) is 30.4. The lowest BCUT2D eigenvalue weighted by atomic mass is 10.2. The zero-order chi connectivity index (χ0) is 34.5. The Morgan fingerprint density at radius 3 is 2.50 bits per heavy atom. The van der Waals surface area contributed by atoms with Crippen molar-refractivity contribution >= 4 is 79.9 Å². The molecule has 2 aromatic carbocycles. The van der Waals surface area contributed by atoms with E-state index in [1.165, 1.54) is 12.0 Å². The molecule has 0 saturated carbocycles. The van der Waals surface area contributed by atoms with E-state index in [4.69, 9.17) is 14.4 Å². The van der Waals surface area contributed by atoms with Crippen molar-refractivity contribution in [1.82, 2.24) is 10.6 Å². The molecule has 1 aliphatic rings. The van der Waals surface area contributed by atoms with Gasteiger partial charge in [0.15, 0.2) is 6.54 Å². The summed E-state index contributed by atoms with van der Waals surface area (Å²) < 4.78 is 20.8. The van der Waals surface area contributed by atoms with Crippen molar-refractivity contribution in [3.05, 3.63) is 82.4 Å². The maximum absolute atomic E-state index is 12.2. The number of hydrogen-bond donors (Lipinski definition) is 4. The van der Waals surface area contributed by atoms with Crippen molar-refractivity contribution in [3.63, 3.8) is 0 Å². The summed E-state index contributed by atoms with van der Waals surface area (Å²) in [7, 11) is 0.551. The van der Waals surface area contributed by atoms with E-state index in [9.17, 15) is 13.8 Å². The number of nitrogens with zero attached hydrogens (tertiary/aromatic N) is 2. The average Bonchev–Trinajstić information content (AvgIpc) is 3.57. The molecule has 4 rings (SSSR count). The van der Waals surface area contributed by atoms with E-state index in [1.54, 1.807) is 36.5 Å². The van der Waals surface area contributed by atoms with Gasteiger partial charge in [0.25, 0.3) is 5.01 Å². The van der Waals surface area contributed by atoms with Crippen molar-refractivity contribution in [3.8, 4) is 0 Å². The molecule has 0 radical (unpaired) electrons. The lowest BCUT2D eigenvalue weighted by molar-refractivity contribution is -0.666. The number of allylic oxidation sites excluding steroid dienone is 6. The SMILES string of the molecule is COSc1ccc2sc(C=CC=C(C)C=CC=C3Sc4ccc(S(C)=O)cc4N3CCNCCC(=O)O)[n+](CCNCCC(=O)O)c2c1. The number of aliphatic carboxylic acids is 2. The quantitative estimate of drug-likeness (QED) is 0.0526. The number of benzene rings is 2. The van der Waals surface area contributed by atoms with Crippen molar-refractivity contribution in [2.24, 2.45) is 0 Å². The van der Waals surface area contributed by atoms with Crippen LogP contribution in [0.5, 0.6) is 0 Å². The summed E-state index contributed by atoms with van der Waals surface area (Å²) in [5.74, 6) is -1.64. The van der Waals surface area contributed by atoms with E-state index < -0.39 is 22.7 Å². The number of hydrogen-bond acceptors (Lipinski definition) is 10. The maximum atomic E-state index is 12.2. The Balaban J connectivity index is 1.48. The van der Waals surface area contributed by atoms with E-state index in [0.29, 0.717) is 39.3 Å². The maximum Gasteiger partial charge on any atom is 0.304 e. The summed E-state index contributed by atoms with van der Waals surface area (Å²) in [6.07, 6.45) is 14.2.